The summed E-state index contributed by atoms with van der Waals surface area (Å²) < 4.78 is 25.2. The van der Waals surface area contributed by atoms with E-state index in [0.29, 0.717) is 38.4 Å². The number of halogens is 1. The van der Waals surface area contributed by atoms with Crippen LogP contribution >= 0.6 is 12.4 Å². The summed E-state index contributed by atoms with van der Waals surface area (Å²) in [6.45, 7) is 6.05. The van der Waals surface area contributed by atoms with Crippen LogP contribution in [0.1, 0.15) is 33.1 Å². The number of hydrogen-bond donors (Lipinski definition) is 1. The van der Waals surface area contributed by atoms with Crippen LogP contribution in [-0.2, 0) is 14.8 Å². The highest BCUT2D eigenvalue weighted by molar-refractivity contribution is 7.89. The summed E-state index contributed by atoms with van der Waals surface area (Å²) in [6.07, 6.45) is 2.24. The number of nitrogens with two attached hydrogens (primary N) is 1. The summed E-state index contributed by atoms with van der Waals surface area (Å²) in [5.74, 6) is 0.691. The van der Waals surface area contributed by atoms with Crippen molar-refractivity contribution < 1.29 is 13.2 Å². The van der Waals surface area contributed by atoms with Crippen LogP contribution in [0.25, 0.3) is 0 Å². The lowest BCUT2D eigenvalue weighted by molar-refractivity contribution is -0.137. The Bertz CT molecular complexity index is 478. The number of carbonyl (C=O) groups excluding carboxylic acids is 1. The molecule has 0 radical (unpaired) electrons. The van der Waals surface area contributed by atoms with E-state index in [9.17, 15) is 13.2 Å². The van der Waals surface area contributed by atoms with Crippen molar-refractivity contribution >= 4 is 28.3 Å². The van der Waals surface area contributed by atoms with Gasteiger partial charge in [0, 0.05) is 31.6 Å². The number of carbonyl (C=O) groups is 1. The number of likely N-dealkylation sites (tertiary alicyclic amines) is 1. The third kappa shape index (κ3) is 4.13. The third-order valence-electron chi connectivity index (χ3n) is 4.84. The largest absolute Gasteiger partial charge is 0.339 e. The minimum atomic E-state index is -3.12. The molecular weight excluding hydrogens is 326 g/mol. The number of sulfonamides is 1. The molecule has 2 heterocycles. The molecule has 8 heteroatoms. The van der Waals surface area contributed by atoms with E-state index in [0.717, 1.165) is 13.0 Å². The van der Waals surface area contributed by atoms with E-state index in [1.165, 1.54) is 4.31 Å². The summed E-state index contributed by atoms with van der Waals surface area (Å²) in [7, 11) is -3.12. The van der Waals surface area contributed by atoms with Gasteiger partial charge in [0.2, 0.25) is 15.9 Å². The second kappa shape index (κ2) is 7.95. The first-order valence-electron chi connectivity index (χ1n) is 7.87. The summed E-state index contributed by atoms with van der Waals surface area (Å²) in [6, 6.07) is 0.253. The SMILES string of the molecule is CCS(=O)(=O)N1CCC(C(=O)N2CC(CN)CC2C)CC1.Cl. The fraction of sp³-hybridized carbons (Fsp3) is 0.929. The van der Waals surface area contributed by atoms with Gasteiger partial charge in [0.1, 0.15) is 0 Å². The molecule has 2 unspecified atom stereocenters. The van der Waals surface area contributed by atoms with E-state index >= 15 is 0 Å². The lowest BCUT2D eigenvalue weighted by Crippen LogP contribution is -2.45. The first kappa shape index (κ1) is 19.7. The van der Waals surface area contributed by atoms with Gasteiger partial charge in [0.15, 0.2) is 0 Å². The zero-order valence-electron chi connectivity index (χ0n) is 13.4. The van der Waals surface area contributed by atoms with Crippen LogP contribution in [0.3, 0.4) is 0 Å². The van der Waals surface area contributed by atoms with E-state index in [2.05, 4.69) is 6.92 Å². The minimum absolute atomic E-state index is 0. The van der Waals surface area contributed by atoms with Gasteiger partial charge in [-0.1, -0.05) is 0 Å². The average molecular weight is 354 g/mol. The minimum Gasteiger partial charge on any atom is -0.339 e. The zero-order valence-corrected chi connectivity index (χ0v) is 15.0. The summed E-state index contributed by atoms with van der Waals surface area (Å²) in [5.41, 5.74) is 5.71. The molecule has 1 amide bonds. The number of hydrogen-bond acceptors (Lipinski definition) is 4. The molecule has 0 aromatic rings. The lowest BCUT2D eigenvalue weighted by atomic mass is 9.96. The molecule has 2 rings (SSSR count). The van der Waals surface area contributed by atoms with E-state index in [1.54, 1.807) is 6.92 Å². The molecule has 0 aromatic carbocycles. The maximum absolute atomic E-state index is 12.6. The Kier molecular flexibility index (Phi) is 7.11. The Labute approximate surface area is 139 Å². The average Bonchev–Trinajstić information content (AvgIpc) is 2.87. The molecule has 0 aromatic heterocycles. The molecule has 6 nitrogen and oxygen atoms in total. The van der Waals surface area contributed by atoms with Crippen molar-refractivity contribution in [3.05, 3.63) is 0 Å². The number of amides is 1. The molecule has 22 heavy (non-hydrogen) atoms. The van der Waals surface area contributed by atoms with Gasteiger partial charge in [-0.15, -0.1) is 12.4 Å². The van der Waals surface area contributed by atoms with Crippen molar-refractivity contribution in [1.29, 1.82) is 0 Å². The van der Waals surface area contributed by atoms with Gasteiger partial charge >= 0.3 is 0 Å². The van der Waals surface area contributed by atoms with Gasteiger partial charge < -0.3 is 10.6 Å². The molecule has 0 saturated carbocycles. The Balaban J connectivity index is 0.00000242. The van der Waals surface area contributed by atoms with Gasteiger partial charge in [-0.25, -0.2) is 12.7 Å². The summed E-state index contributed by atoms with van der Waals surface area (Å²) >= 11 is 0. The highest BCUT2D eigenvalue weighted by Gasteiger charge is 2.37. The highest BCUT2D eigenvalue weighted by Crippen LogP contribution is 2.28. The fourth-order valence-corrected chi connectivity index (χ4v) is 4.55. The fourth-order valence-electron chi connectivity index (χ4n) is 3.42. The molecule has 2 saturated heterocycles. The molecule has 2 N–H and O–H groups in total. The first-order chi connectivity index (χ1) is 9.89. The second-order valence-electron chi connectivity index (χ2n) is 6.25. The van der Waals surface area contributed by atoms with Gasteiger partial charge in [-0.3, -0.25) is 4.79 Å². The van der Waals surface area contributed by atoms with Crippen molar-refractivity contribution in [3.8, 4) is 0 Å². The molecule has 2 fully saturated rings. The zero-order chi connectivity index (χ0) is 15.6. The van der Waals surface area contributed by atoms with Crippen molar-refractivity contribution in [3.63, 3.8) is 0 Å². The Morgan fingerprint density at radius 2 is 1.86 bits per heavy atom. The first-order valence-corrected chi connectivity index (χ1v) is 9.48. The van der Waals surface area contributed by atoms with Gasteiger partial charge in [-0.05, 0) is 45.6 Å². The third-order valence-corrected chi connectivity index (χ3v) is 6.72. The quantitative estimate of drug-likeness (QED) is 0.805. The van der Waals surface area contributed by atoms with E-state index in [-0.39, 0.29) is 36.0 Å². The smallest absolute Gasteiger partial charge is 0.226 e. The molecule has 130 valence electrons. The van der Waals surface area contributed by atoms with Crippen LogP contribution in [-0.4, -0.2) is 61.5 Å². The van der Waals surface area contributed by atoms with E-state index in [1.807, 2.05) is 4.90 Å². The van der Waals surface area contributed by atoms with Crippen LogP contribution in [0.15, 0.2) is 0 Å². The van der Waals surface area contributed by atoms with Crippen LogP contribution in [0.2, 0.25) is 0 Å². The van der Waals surface area contributed by atoms with E-state index in [4.69, 9.17) is 5.73 Å². The van der Waals surface area contributed by atoms with Crippen LogP contribution in [0, 0.1) is 11.8 Å². The monoisotopic (exact) mass is 353 g/mol. The van der Waals surface area contributed by atoms with Crippen molar-refractivity contribution in [2.75, 3.05) is 31.9 Å². The predicted molar refractivity (Wildman–Crippen MR) is 89.3 cm³/mol. The predicted octanol–water partition coefficient (Wildman–Crippen LogP) is 0.666. The second-order valence-corrected chi connectivity index (χ2v) is 8.51. The Morgan fingerprint density at radius 1 is 1.27 bits per heavy atom. The maximum Gasteiger partial charge on any atom is 0.226 e. The Hall–Kier alpha value is -0.370. The van der Waals surface area contributed by atoms with Gasteiger partial charge in [-0.2, -0.15) is 0 Å². The maximum atomic E-state index is 12.6. The number of rotatable bonds is 4. The number of piperidine rings is 1. The number of nitrogens with zero attached hydrogens (tertiary/aromatic N) is 2. The van der Waals surface area contributed by atoms with Gasteiger partial charge in [0.25, 0.3) is 0 Å². The van der Waals surface area contributed by atoms with Crippen molar-refractivity contribution in [2.24, 2.45) is 17.6 Å². The lowest BCUT2D eigenvalue weighted by Gasteiger charge is -2.33. The van der Waals surface area contributed by atoms with Crippen molar-refractivity contribution in [1.82, 2.24) is 9.21 Å². The molecule has 0 bridgehead atoms. The van der Waals surface area contributed by atoms with Crippen LogP contribution < -0.4 is 5.73 Å². The van der Waals surface area contributed by atoms with Crippen LogP contribution in [0.4, 0.5) is 0 Å². The van der Waals surface area contributed by atoms with Crippen LogP contribution in [0.5, 0.6) is 0 Å². The standard InChI is InChI=1S/C14H27N3O3S.ClH/c1-3-21(19,20)16-6-4-13(5-7-16)14(18)17-10-12(9-15)8-11(17)2;/h11-13H,3-10,15H2,1-2H3;1H. The molecule has 0 aliphatic carbocycles. The van der Waals surface area contributed by atoms with Crippen molar-refractivity contribution in [2.45, 2.75) is 39.2 Å². The Morgan fingerprint density at radius 3 is 2.32 bits per heavy atom. The van der Waals surface area contributed by atoms with E-state index < -0.39 is 10.0 Å². The van der Waals surface area contributed by atoms with Gasteiger partial charge in [0.05, 0.1) is 5.75 Å². The summed E-state index contributed by atoms with van der Waals surface area (Å²) in [4.78, 5) is 14.6. The molecule has 2 aliphatic rings. The highest BCUT2D eigenvalue weighted by atomic mass is 35.5. The molecule has 2 aliphatic heterocycles. The normalized spacial score (nSPS) is 27.7. The summed E-state index contributed by atoms with van der Waals surface area (Å²) in [5, 5.41) is 0. The molecule has 0 spiro atoms. The molecular formula is C14H28ClN3O3S. The topological polar surface area (TPSA) is 83.7 Å². The molecule has 2 atom stereocenters.